The number of aromatic amines is 1. The van der Waals surface area contributed by atoms with E-state index < -0.39 is 0 Å². The molecular weight excluding hydrogens is 236 g/mol. The predicted molar refractivity (Wildman–Crippen MR) is 79.0 cm³/mol. The third kappa shape index (κ3) is 2.65. The lowest BCUT2D eigenvalue weighted by Crippen LogP contribution is -2.17. The van der Waals surface area contributed by atoms with Crippen LogP contribution in [0.4, 0.5) is 0 Å². The molecule has 0 aliphatic rings. The van der Waals surface area contributed by atoms with Crippen molar-refractivity contribution in [3.05, 3.63) is 51.4 Å². The molecule has 0 fully saturated rings. The van der Waals surface area contributed by atoms with Crippen LogP contribution < -0.4 is 5.56 Å². The number of aryl methyl sites for hydroxylation is 1. The summed E-state index contributed by atoms with van der Waals surface area (Å²) in [6.45, 7) is 8.40. The Morgan fingerprint density at radius 1 is 1.26 bits per heavy atom. The van der Waals surface area contributed by atoms with Crippen LogP contribution in [0.15, 0.2) is 29.1 Å². The van der Waals surface area contributed by atoms with E-state index in [4.69, 9.17) is 0 Å². The van der Waals surface area contributed by atoms with Gasteiger partial charge in [0.15, 0.2) is 0 Å². The lowest BCUT2D eigenvalue weighted by atomic mass is 10.0. The van der Waals surface area contributed by atoms with Crippen LogP contribution >= 0.6 is 0 Å². The van der Waals surface area contributed by atoms with Gasteiger partial charge in [0.05, 0.1) is 5.69 Å². The summed E-state index contributed by atoms with van der Waals surface area (Å²) < 4.78 is 1.69. The second kappa shape index (κ2) is 5.47. The Morgan fingerprint density at radius 3 is 2.53 bits per heavy atom. The van der Waals surface area contributed by atoms with Crippen molar-refractivity contribution >= 4 is 0 Å². The predicted octanol–water partition coefficient (Wildman–Crippen LogP) is 3.23. The second-order valence-electron chi connectivity index (χ2n) is 5.45. The van der Waals surface area contributed by atoms with Crippen LogP contribution in [0.3, 0.4) is 0 Å². The fourth-order valence-corrected chi connectivity index (χ4v) is 2.44. The van der Waals surface area contributed by atoms with Gasteiger partial charge in [0.1, 0.15) is 0 Å². The van der Waals surface area contributed by atoms with Gasteiger partial charge in [-0.25, -0.2) is 4.68 Å². The first kappa shape index (κ1) is 13.7. The first-order valence-corrected chi connectivity index (χ1v) is 6.93. The van der Waals surface area contributed by atoms with Gasteiger partial charge in [-0.15, -0.1) is 0 Å². The molecule has 1 aromatic heterocycles. The molecule has 0 atom stereocenters. The molecule has 0 aliphatic heterocycles. The summed E-state index contributed by atoms with van der Waals surface area (Å²) >= 11 is 0. The standard InChI is InChI=1S/C16H22N2O/c1-5-13-14(10-11(2)3)17-18(16(13)19)15-9-7-6-8-12(15)4/h6-9,11,17H,5,10H2,1-4H3. The maximum atomic E-state index is 12.5. The largest absolute Gasteiger partial charge is 0.295 e. The van der Waals surface area contributed by atoms with Crippen LogP contribution in [-0.4, -0.2) is 9.78 Å². The third-order valence-corrected chi connectivity index (χ3v) is 3.39. The molecule has 1 aromatic carbocycles. The molecule has 2 rings (SSSR count). The molecule has 1 heterocycles. The SMILES string of the molecule is CCc1c(CC(C)C)[nH]n(-c2ccccc2C)c1=O. The van der Waals surface area contributed by atoms with E-state index in [0.717, 1.165) is 35.3 Å². The maximum Gasteiger partial charge on any atom is 0.274 e. The van der Waals surface area contributed by atoms with E-state index in [0.29, 0.717) is 5.92 Å². The van der Waals surface area contributed by atoms with Crippen LogP contribution in [0.5, 0.6) is 0 Å². The highest BCUT2D eigenvalue weighted by Gasteiger charge is 2.15. The van der Waals surface area contributed by atoms with Gasteiger partial charge < -0.3 is 0 Å². The van der Waals surface area contributed by atoms with E-state index in [1.165, 1.54) is 0 Å². The summed E-state index contributed by atoms with van der Waals surface area (Å²) in [5.74, 6) is 0.536. The van der Waals surface area contributed by atoms with E-state index in [1.54, 1.807) is 4.68 Å². The minimum absolute atomic E-state index is 0.0902. The molecule has 0 unspecified atom stereocenters. The first-order chi connectivity index (χ1) is 9.04. The number of nitrogens with one attached hydrogen (secondary N) is 1. The van der Waals surface area contributed by atoms with Crippen LogP contribution in [0, 0.1) is 12.8 Å². The van der Waals surface area contributed by atoms with E-state index in [-0.39, 0.29) is 5.56 Å². The molecule has 0 saturated heterocycles. The molecular formula is C16H22N2O. The van der Waals surface area contributed by atoms with Gasteiger partial charge in [-0.2, -0.15) is 0 Å². The van der Waals surface area contributed by atoms with E-state index in [2.05, 4.69) is 18.9 Å². The highest BCUT2D eigenvalue weighted by Crippen LogP contribution is 2.14. The average Bonchev–Trinajstić information content (AvgIpc) is 2.65. The molecule has 102 valence electrons. The molecule has 0 aliphatic carbocycles. The highest BCUT2D eigenvalue weighted by atomic mass is 16.1. The van der Waals surface area contributed by atoms with Crippen LogP contribution in [0.25, 0.3) is 5.69 Å². The number of nitrogens with zero attached hydrogens (tertiary/aromatic N) is 1. The summed E-state index contributed by atoms with van der Waals surface area (Å²) in [4.78, 5) is 12.5. The molecule has 19 heavy (non-hydrogen) atoms. The van der Waals surface area contributed by atoms with E-state index in [9.17, 15) is 4.79 Å². The maximum absolute atomic E-state index is 12.5. The van der Waals surface area contributed by atoms with Gasteiger partial charge in [-0.05, 0) is 37.3 Å². The van der Waals surface area contributed by atoms with Gasteiger partial charge in [-0.3, -0.25) is 9.89 Å². The number of para-hydroxylation sites is 1. The van der Waals surface area contributed by atoms with Crippen LogP contribution in [0.2, 0.25) is 0 Å². The zero-order valence-corrected chi connectivity index (χ0v) is 12.2. The van der Waals surface area contributed by atoms with Gasteiger partial charge in [0.2, 0.25) is 0 Å². The second-order valence-corrected chi connectivity index (χ2v) is 5.45. The van der Waals surface area contributed by atoms with Crippen molar-refractivity contribution in [3.63, 3.8) is 0 Å². The van der Waals surface area contributed by atoms with Gasteiger partial charge >= 0.3 is 0 Å². The summed E-state index contributed by atoms with van der Waals surface area (Å²) in [6.07, 6.45) is 1.69. The zero-order chi connectivity index (χ0) is 14.0. The minimum atomic E-state index is 0.0902. The van der Waals surface area contributed by atoms with Crippen molar-refractivity contribution in [2.45, 2.75) is 40.5 Å². The molecule has 3 nitrogen and oxygen atoms in total. The average molecular weight is 258 g/mol. The molecule has 3 heteroatoms. The topological polar surface area (TPSA) is 37.8 Å². The van der Waals surface area contributed by atoms with E-state index in [1.807, 2.05) is 38.1 Å². The first-order valence-electron chi connectivity index (χ1n) is 6.93. The molecule has 0 radical (unpaired) electrons. The third-order valence-electron chi connectivity index (χ3n) is 3.39. The zero-order valence-electron chi connectivity index (χ0n) is 12.2. The van der Waals surface area contributed by atoms with Gasteiger partial charge in [0.25, 0.3) is 5.56 Å². The Balaban J connectivity index is 2.57. The quantitative estimate of drug-likeness (QED) is 0.898. The molecule has 0 bridgehead atoms. The molecule has 1 N–H and O–H groups in total. The monoisotopic (exact) mass is 258 g/mol. The smallest absolute Gasteiger partial charge is 0.274 e. The number of rotatable bonds is 4. The lowest BCUT2D eigenvalue weighted by molar-refractivity contribution is 0.624. The Morgan fingerprint density at radius 2 is 1.95 bits per heavy atom. The molecule has 0 saturated carbocycles. The van der Waals surface area contributed by atoms with Crippen molar-refractivity contribution in [3.8, 4) is 5.69 Å². The van der Waals surface area contributed by atoms with E-state index >= 15 is 0 Å². The summed E-state index contributed by atoms with van der Waals surface area (Å²) in [5.41, 5.74) is 4.12. The molecule has 0 spiro atoms. The van der Waals surface area contributed by atoms with Crippen LogP contribution in [-0.2, 0) is 12.8 Å². The number of aromatic nitrogens is 2. The minimum Gasteiger partial charge on any atom is -0.295 e. The normalized spacial score (nSPS) is 11.2. The number of benzene rings is 1. The number of hydrogen-bond acceptors (Lipinski definition) is 1. The fourth-order valence-electron chi connectivity index (χ4n) is 2.44. The highest BCUT2D eigenvalue weighted by molar-refractivity contribution is 5.40. The Hall–Kier alpha value is -1.77. The fraction of sp³-hybridized carbons (Fsp3) is 0.438. The van der Waals surface area contributed by atoms with Gasteiger partial charge in [-0.1, -0.05) is 39.0 Å². The molecule has 2 aromatic rings. The summed E-state index contributed by atoms with van der Waals surface area (Å²) in [5, 5.41) is 3.29. The Kier molecular flexibility index (Phi) is 3.93. The summed E-state index contributed by atoms with van der Waals surface area (Å²) in [6, 6.07) is 7.95. The van der Waals surface area contributed by atoms with Gasteiger partial charge in [0, 0.05) is 11.3 Å². The van der Waals surface area contributed by atoms with Crippen molar-refractivity contribution in [1.82, 2.24) is 9.78 Å². The van der Waals surface area contributed by atoms with Crippen molar-refractivity contribution in [1.29, 1.82) is 0 Å². The number of hydrogen-bond donors (Lipinski definition) is 1. The number of H-pyrrole nitrogens is 1. The Labute approximate surface area is 114 Å². The Bertz CT molecular complexity index is 620. The van der Waals surface area contributed by atoms with Crippen molar-refractivity contribution in [2.24, 2.45) is 5.92 Å². The van der Waals surface area contributed by atoms with Crippen molar-refractivity contribution in [2.75, 3.05) is 0 Å². The summed E-state index contributed by atoms with van der Waals surface area (Å²) in [7, 11) is 0. The lowest BCUT2D eigenvalue weighted by Gasteiger charge is -2.06. The van der Waals surface area contributed by atoms with Crippen LogP contribution in [0.1, 0.15) is 37.6 Å². The molecule has 0 amide bonds. The van der Waals surface area contributed by atoms with Crippen molar-refractivity contribution < 1.29 is 0 Å².